The van der Waals surface area contributed by atoms with Crippen LogP contribution >= 0.6 is 11.8 Å². The summed E-state index contributed by atoms with van der Waals surface area (Å²) in [5.74, 6) is 0.960. The lowest BCUT2D eigenvalue weighted by Crippen LogP contribution is -1.93. The van der Waals surface area contributed by atoms with E-state index in [0.717, 1.165) is 5.75 Å². The monoisotopic (exact) mass is 256 g/mol. The Balaban J connectivity index is 3.08. The van der Waals surface area contributed by atoms with Crippen molar-refractivity contribution in [2.75, 3.05) is 5.75 Å². The van der Waals surface area contributed by atoms with Gasteiger partial charge in [-0.2, -0.15) is 0 Å². The van der Waals surface area contributed by atoms with E-state index >= 15 is 0 Å². The zero-order valence-corrected chi connectivity index (χ0v) is 12.4. The van der Waals surface area contributed by atoms with Gasteiger partial charge in [-0.3, -0.25) is 4.79 Å². The molecule has 17 heavy (non-hydrogen) atoms. The van der Waals surface area contributed by atoms with Crippen molar-refractivity contribution in [1.82, 2.24) is 0 Å². The maximum Gasteiger partial charge on any atom is 0.214 e. The Hall–Kier alpha value is -0.240. The highest BCUT2D eigenvalue weighted by molar-refractivity contribution is 8.14. The van der Waals surface area contributed by atoms with Crippen molar-refractivity contribution in [2.24, 2.45) is 0 Å². The van der Waals surface area contributed by atoms with Gasteiger partial charge in [0.2, 0.25) is 5.12 Å². The second-order valence-electron chi connectivity index (χ2n) is 4.74. The molecule has 0 N–H and O–H groups in total. The molecule has 0 aromatic rings. The maximum atomic E-state index is 11.2. The summed E-state index contributed by atoms with van der Waals surface area (Å²) in [6.07, 6.45) is 12.0. The first-order valence-electron chi connectivity index (χ1n) is 7.01. The maximum absolute atomic E-state index is 11.2. The highest BCUT2D eigenvalue weighted by Gasteiger charge is 2.01. The zero-order chi connectivity index (χ0) is 12.9. The topological polar surface area (TPSA) is 17.1 Å². The average Bonchev–Trinajstić information content (AvgIpc) is 2.31. The SMILES string of the molecule is C=C(C)C(=O)SCCCCCCCCCCC. The van der Waals surface area contributed by atoms with Crippen molar-refractivity contribution in [1.29, 1.82) is 0 Å². The lowest BCUT2D eigenvalue weighted by Gasteiger charge is -2.02. The fourth-order valence-corrected chi connectivity index (χ4v) is 2.48. The first-order chi connectivity index (χ1) is 8.18. The summed E-state index contributed by atoms with van der Waals surface area (Å²) in [6, 6.07) is 0. The van der Waals surface area contributed by atoms with Crippen LogP contribution in [0.2, 0.25) is 0 Å². The number of carbonyl (C=O) groups excluding carboxylic acids is 1. The molecular weight excluding hydrogens is 228 g/mol. The molecule has 0 bridgehead atoms. The Morgan fingerprint density at radius 2 is 1.41 bits per heavy atom. The molecule has 0 atom stereocenters. The van der Waals surface area contributed by atoms with E-state index in [1.54, 1.807) is 6.92 Å². The molecule has 0 aromatic heterocycles. The van der Waals surface area contributed by atoms with E-state index in [9.17, 15) is 4.79 Å². The van der Waals surface area contributed by atoms with Crippen LogP contribution in [-0.2, 0) is 4.79 Å². The molecule has 0 amide bonds. The van der Waals surface area contributed by atoms with Crippen LogP contribution in [0.3, 0.4) is 0 Å². The fourth-order valence-electron chi connectivity index (χ4n) is 1.70. The molecule has 0 saturated heterocycles. The van der Waals surface area contributed by atoms with Crippen molar-refractivity contribution in [2.45, 2.75) is 71.6 Å². The number of hydrogen-bond donors (Lipinski definition) is 0. The second kappa shape index (κ2) is 12.2. The molecule has 0 aromatic carbocycles. The number of carbonyl (C=O) groups is 1. The molecule has 0 aliphatic carbocycles. The molecule has 0 spiro atoms. The zero-order valence-electron chi connectivity index (χ0n) is 11.6. The van der Waals surface area contributed by atoms with Gasteiger partial charge in [0, 0.05) is 5.75 Å². The summed E-state index contributed by atoms with van der Waals surface area (Å²) >= 11 is 1.42. The largest absolute Gasteiger partial charge is 0.282 e. The van der Waals surface area contributed by atoms with Crippen LogP contribution in [-0.4, -0.2) is 10.9 Å². The molecule has 0 aliphatic rings. The minimum absolute atomic E-state index is 0.157. The Morgan fingerprint density at radius 1 is 0.941 bits per heavy atom. The van der Waals surface area contributed by atoms with Crippen LogP contribution < -0.4 is 0 Å². The van der Waals surface area contributed by atoms with Gasteiger partial charge in [0.25, 0.3) is 0 Å². The lowest BCUT2D eigenvalue weighted by molar-refractivity contribution is -0.107. The van der Waals surface area contributed by atoms with E-state index in [-0.39, 0.29) is 5.12 Å². The third-order valence-electron chi connectivity index (χ3n) is 2.83. The molecule has 0 heterocycles. The number of rotatable bonds is 11. The Kier molecular flexibility index (Phi) is 12.1. The number of unbranched alkanes of at least 4 members (excludes halogenated alkanes) is 8. The highest BCUT2D eigenvalue weighted by Crippen LogP contribution is 2.14. The predicted octanol–water partition coefficient (Wildman–Crippen LogP) is 5.35. The van der Waals surface area contributed by atoms with Crippen molar-refractivity contribution in [3.8, 4) is 0 Å². The minimum Gasteiger partial charge on any atom is -0.282 e. The van der Waals surface area contributed by atoms with E-state index in [0.29, 0.717) is 5.57 Å². The van der Waals surface area contributed by atoms with Crippen LogP contribution in [0.15, 0.2) is 12.2 Å². The summed E-state index contributed by atoms with van der Waals surface area (Å²) in [5, 5.41) is 0.157. The van der Waals surface area contributed by atoms with Crippen LogP contribution in [0.4, 0.5) is 0 Å². The average molecular weight is 256 g/mol. The summed E-state index contributed by atoms with van der Waals surface area (Å²) in [6.45, 7) is 7.69. The molecule has 100 valence electrons. The molecular formula is C15H28OS. The lowest BCUT2D eigenvalue weighted by atomic mass is 10.1. The van der Waals surface area contributed by atoms with Crippen LogP contribution in [0, 0.1) is 0 Å². The molecule has 1 nitrogen and oxygen atoms in total. The summed E-state index contributed by atoms with van der Waals surface area (Å²) < 4.78 is 0. The van der Waals surface area contributed by atoms with Crippen LogP contribution in [0.1, 0.15) is 71.6 Å². The molecule has 0 radical (unpaired) electrons. The quantitative estimate of drug-likeness (QED) is 0.366. The minimum atomic E-state index is 0.157. The van der Waals surface area contributed by atoms with Crippen LogP contribution in [0.5, 0.6) is 0 Å². The van der Waals surface area contributed by atoms with Crippen molar-refractivity contribution >= 4 is 16.9 Å². The van der Waals surface area contributed by atoms with E-state index in [4.69, 9.17) is 0 Å². The van der Waals surface area contributed by atoms with Crippen molar-refractivity contribution in [3.63, 3.8) is 0 Å². The summed E-state index contributed by atoms with van der Waals surface area (Å²) in [7, 11) is 0. The van der Waals surface area contributed by atoms with Gasteiger partial charge in [0.1, 0.15) is 0 Å². The molecule has 0 unspecified atom stereocenters. The smallest absolute Gasteiger partial charge is 0.214 e. The Morgan fingerprint density at radius 3 is 1.88 bits per heavy atom. The third kappa shape index (κ3) is 12.0. The standard InChI is InChI=1S/C15H28OS/c1-4-5-6-7-8-9-10-11-12-13-17-15(16)14(2)3/h2,4-13H2,1,3H3. The number of thioether (sulfide) groups is 1. The fraction of sp³-hybridized carbons (Fsp3) is 0.800. The van der Waals surface area contributed by atoms with Gasteiger partial charge < -0.3 is 0 Å². The highest BCUT2D eigenvalue weighted by atomic mass is 32.2. The Bertz CT molecular complexity index is 211. The van der Waals surface area contributed by atoms with Gasteiger partial charge in [-0.15, -0.1) is 0 Å². The van der Waals surface area contributed by atoms with Crippen molar-refractivity contribution < 1.29 is 4.79 Å². The molecule has 0 fully saturated rings. The third-order valence-corrected chi connectivity index (χ3v) is 3.93. The van der Waals surface area contributed by atoms with Gasteiger partial charge in [-0.05, 0) is 18.9 Å². The van der Waals surface area contributed by atoms with Gasteiger partial charge in [0.15, 0.2) is 0 Å². The van der Waals surface area contributed by atoms with Gasteiger partial charge >= 0.3 is 0 Å². The van der Waals surface area contributed by atoms with E-state index in [1.165, 1.54) is 69.5 Å². The van der Waals surface area contributed by atoms with Gasteiger partial charge in [0.05, 0.1) is 0 Å². The normalized spacial score (nSPS) is 10.5. The van der Waals surface area contributed by atoms with Gasteiger partial charge in [-0.1, -0.05) is 76.6 Å². The summed E-state index contributed by atoms with van der Waals surface area (Å²) in [5.41, 5.74) is 0.672. The van der Waals surface area contributed by atoms with E-state index in [1.807, 2.05) is 0 Å². The molecule has 0 aliphatic heterocycles. The van der Waals surface area contributed by atoms with E-state index in [2.05, 4.69) is 13.5 Å². The second-order valence-corrected chi connectivity index (χ2v) is 5.81. The predicted molar refractivity (Wildman–Crippen MR) is 79.5 cm³/mol. The van der Waals surface area contributed by atoms with Crippen LogP contribution in [0.25, 0.3) is 0 Å². The van der Waals surface area contributed by atoms with Gasteiger partial charge in [-0.25, -0.2) is 0 Å². The Labute approximate surface area is 111 Å². The first kappa shape index (κ1) is 16.8. The van der Waals surface area contributed by atoms with E-state index < -0.39 is 0 Å². The summed E-state index contributed by atoms with van der Waals surface area (Å²) in [4.78, 5) is 11.2. The van der Waals surface area contributed by atoms with Crippen molar-refractivity contribution in [3.05, 3.63) is 12.2 Å². The molecule has 2 heteroatoms. The first-order valence-corrected chi connectivity index (χ1v) is 7.99. The molecule has 0 rings (SSSR count). The molecule has 0 saturated carbocycles. The number of hydrogen-bond acceptors (Lipinski definition) is 2.